The van der Waals surface area contributed by atoms with E-state index in [9.17, 15) is 14.4 Å². The van der Waals surface area contributed by atoms with Gasteiger partial charge in [-0.05, 0) is 49.4 Å². The maximum Gasteiger partial charge on any atom is 0.240 e. The molecule has 1 aromatic carbocycles. The molecule has 1 aliphatic heterocycles. The lowest BCUT2D eigenvalue weighted by Crippen LogP contribution is -2.59. The molecule has 1 aromatic rings. The van der Waals surface area contributed by atoms with Crippen LogP contribution in [0.5, 0.6) is 0 Å². The van der Waals surface area contributed by atoms with Gasteiger partial charge in [0.1, 0.15) is 0 Å². The molecule has 0 unspecified atom stereocenters. The van der Waals surface area contributed by atoms with Crippen LogP contribution in [0.15, 0.2) is 24.3 Å². The molecule has 2 bridgehead atoms. The minimum atomic E-state index is -0.509. The molecule has 2 aliphatic rings. The molecule has 2 fully saturated rings. The van der Waals surface area contributed by atoms with E-state index in [1.165, 1.54) is 11.8 Å². The van der Waals surface area contributed by atoms with Gasteiger partial charge in [0.05, 0.1) is 11.1 Å². The summed E-state index contributed by atoms with van der Waals surface area (Å²) in [7, 11) is 0. The summed E-state index contributed by atoms with van der Waals surface area (Å²) in [5.41, 5.74) is 0.325. The summed E-state index contributed by atoms with van der Waals surface area (Å²) >= 11 is 0. The lowest BCUT2D eigenvalue weighted by atomic mass is 9.62. The summed E-state index contributed by atoms with van der Waals surface area (Å²) in [6, 6.07) is 6.71. The standard InChI is InChI=1S/C18H21NO3/c1-11(20)12-5-7-13(8-6-12)19-15(21)14-9-10-18(4,16(19)22)17(14,2)3/h5-8,14H,9-10H2,1-4H3/t14-,18+/m1/s1. The first kappa shape index (κ1) is 14.9. The van der Waals surface area contributed by atoms with Gasteiger partial charge in [0, 0.05) is 11.5 Å². The van der Waals surface area contributed by atoms with Crippen LogP contribution in [0.25, 0.3) is 0 Å². The van der Waals surface area contributed by atoms with Crippen molar-refractivity contribution in [3.05, 3.63) is 29.8 Å². The van der Waals surface area contributed by atoms with E-state index in [2.05, 4.69) is 0 Å². The monoisotopic (exact) mass is 299 g/mol. The van der Waals surface area contributed by atoms with Gasteiger partial charge in [-0.2, -0.15) is 0 Å². The van der Waals surface area contributed by atoms with Gasteiger partial charge in [-0.25, -0.2) is 4.90 Å². The number of imide groups is 1. The number of benzene rings is 1. The zero-order valence-electron chi connectivity index (χ0n) is 13.5. The summed E-state index contributed by atoms with van der Waals surface area (Å²) in [4.78, 5) is 38.5. The number of hydrogen-bond donors (Lipinski definition) is 0. The average molecular weight is 299 g/mol. The van der Waals surface area contributed by atoms with Crippen molar-refractivity contribution in [2.75, 3.05) is 4.90 Å². The SMILES string of the molecule is CC(=O)c1ccc(N2C(=O)[C@H]3CC[C@@](C)(C2=O)C3(C)C)cc1. The summed E-state index contributed by atoms with van der Waals surface area (Å²) in [5, 5.41) is 0. The number of amides is 2. The summed E-state index contributed by atoms with van der Waals surface area (Å²) in [6.07, 6.45) is 1.51. The quantitative estimate of drug-likeness (QED) is 0.622. The maximum absolute atomic E-state index is 13.0. The second kappa shape index (κ2) is 4.51. The molecule has 4 nitrogen and oxygen atoms in total. The Morgan fingerprint density at radius 2 is 1.73 bits per heavy atom. The van der Waals surface area contributed by atoms with Crippen LogP contribution in [0.2, 0.25) is 0 Å². The number of Topliss-reactive ketones (excluding diaryl/α,β-unsaturated/α-hetero) is 1. The molecule has 1 heterocycles. The Morgan fingerprint density at radius 3 is 2.27 bits per heavy atom. The van der Waals surface area contributed by atoms with Gasteiger partial charge in [0.15, 0.2) is 5.78 Å². The van der Waals surface area contributed by atoms with Gasteiger partial charge in [0.25, 0.3) is 0 Å². The second-order valence-corrected chi connectivity index (χ2v) is 7.23. The fourth-order valence-corrected chi connectivity index (χ4v) is 3.91. The van der Waals surface area contributed by atoms with Crippen molar-refractivity contribution < 1.29 is 14.4 Å². The lowest BCUT2D eigenvalue weighted by Gasteiger charge is -2.47. The van der Waals surface area contributed by atoms with Crippen molar-refractivity contribution in [2.45, 2.75) is 40.5 Å². The number of nitrogens with zero attached hydrogens (tertiary/aromatic N) is 1. The Morgan fingerprint density at radius 1 is 1.14 bits per heavy atom. The van der Waals surface area contributed by atoms with Crippen LogP contribution in [-0.2, 0) is 9.59 Å². The number of ketones is 1. The smallest absolute Gasteiger partial charge is 0.240 e. The van der Waals surface area contributed by atoms with Crippen LogP contribution in [0.1, 0.15) is 50.9 Å². The minimum Gasteiger partial charge on any atom is -0.295 e. The molecule has 0 N–H and O–H groups in total. The number of piperidine rings is 1. The van der Waals surface area contributed by atoms with E-state index in [-0.39, 0.29) is 28.9 Å². The van der Waals surface area contributed by atoms with E-state index < -0.39 is 5.41 Å². The molecule has 2 amide bonds. The molecule has 1 aliphatic carbocycles. The minimum absolute atomic E-state index is 0.0315. The number of anilines is 1. The van der Waals surface area contributed by atoms with E-state index >= 15 is 0 Å². The Bertz CT molecular complexity index is 674. The predicted molar refractivity (Wildman–Crippen MR) is 83.6 cm³/mol. The normalized spacial score (nSPS) is 29.8. The third-order valence-corrected chi connectivity index (χ3v) is 5.95. The molecule has 3 rings (SSSR count). The Kier molecular flexibility index (Phi) is 3.06. The lowest BCUT2D eigenvalue weighted by molar-refractivity contribution is -0.146. The van der Waals surface area contributed by atoms with Crippen LogP contribution < -0.4 is 4.90 Å². The van der Waals surface area contributed by atoms with Crippen LogP contribution in [0.4, 0.5) is 5.69 Å². The van der Waals surface area contributed by atoms with Crippen molar-refractivity contribution in [1.82, 2.24) is 0 Å². The summed E-state index contributed by atoms with van der Waals surface area (Å²) in [6.45, 7) is 7.52. The fourth-order valence-electron chi connectivity index (χ4n) is 3.91. The predicted octanol–water partition coefficient (Wildman–Crippen LogP) is 3.20. The van der Waals surface area contributed by atoms with E-state index in [0.717, 1.165) is 12.8 Å². The highest BCUT2D eigenvalue weighted by Crippen LogP contribution is 2.60. The first-order chi connectivity index (χ1) is 10.2. The Hall–Kier alpha value is -1.97. The molecule has 22 heavy (non-hydrogen) atoms. The maximum atomic E-state index is 13.0. The number of hydrogen-bond acceptors (Lipinski definition) is 3. The van der Waals surface area contributed by atoms with Crippen molar-refractivity contribution in [3.8, 4) is 0 Å². The highest BCUT2D eigenvalue weighted by molar-refractivity contribution is 6.20. The van der Waals surface area contributed by atoms with Crippen molar-refractivity contribution in [1.29, 1.82) is 0 Å². The van der Waals surface area contributed by atoms with Crippen LogP contribution in [0.3, 0.4) is 0 Å². The van der Waals surface area contributed by atoms with E-state index in [4.69, 9.17) is 0 Å². The van der Waals surface area contributed by atoms with E-state index in [1.807, 2.05) is 20.8 Å². The molecule has 0 aromatic heterocycles. The summed E-state index contributed by atoms with van der Waals surface area (Å²) in [5.74, 6) is -0.383. The van der Waals surface area contributed by atoms with Gasteiger partial charge in [0.2, 0.25) is 11.8 Å². The van der Waals surface area contributed by atoms with E-state index in [1.54, 1.807) is 24.3 Å². The molecule has 0 radical (unpaired) electrons. The Balaban J connectivity index is 2.04. The van der Waals surface area contributed by atoms with Crippen molar-refractivity contribution >= 4 is 23.3 Å². The third-order valence-electron chi connectivity index (χ3n) is 5.95. The highest BCUT2D eigenvalue weighted by Gasteiger charge is 2.64. The first-order valence-electron chi connectivity index (χ1n) is 7.69. The Labute approximate surface area is 130 Å². The van der Waals surface area contributed by atoms with Crippen LogP contribution in [-0.4, -0.2) is 17.6 Å². The number of fused-ring (bicyclic) bond motifs is 2. The van der Waals surface area contributed by atoms with Gasteiger partial charge in [-0.15, -0.1) is 0 Å². The number of carbonyl (C=O) groups excluding carboxylic acids is 3. The van der Waals surface area contributed by atoms with Crippen molar-refractivity contribution in [2.24, 2.45) is 16.7 Å². The molecular weight excluding hydrogens is 278 g/mol. The molecule has 0 spiro atoms. The average Bonchev–Trinajstić information content (AvgIpc) is 2.64. The highest BCUT2D eigenvalue weighted by atomic mass is 16.2. The topological polar surface area (TPSA) is 54.5 Å². The largest absolute Gasteiger partial charge is 0.295 e. The number of carbonyl (C=O) groups is 3. The van der Waals surface area contributed by atoms with Gasteiger partial charge >= 0.3 is 0 Å². The van der Waals surface area contributed by atoms with Crippen LogP contribution in [0, 0.1) is 16.7 Å². The van der Waals surface area contributed by atoms with Crippen molar-refractivity contribution in [3.63, 3.8) is 0 Å². The molecule has 4 heteroatoms. The molecule has 1 saturated heterocycles. The molecule has 1 saturated carbocycles. The zero-order chi connectivity index (χ0) is 16.3. The summed E-state index contributed by atoms with van der Waals surface area (Å²) < 4.78 is 0. The van der Waals surface area contributed by atoms with Crippen LogP contribution >= 0.6 is 0 Å². The third kappa shape index (κ3) is 1.73. The van der Waals surface area contributed by atoms with Gasteiger partial charge in [-0.3, -0.25) is 14.4 Å². The molecule has 2 atom stereocenters. The van der Waals surface area contributed by atoms with Gasteiger partial charge in [-0.1, -0.05) is 20.8 Å². The number of rotatable bonds is 2. The first-order valence-corrected chi connectivity index (χ1v) is 7.69. The van der Waals surface area contributed by atoms with E-state index in [0.29, 0.717) is 11.3 Å². The van der Waals surface area contributed by atoms with Gasteiger partial charge < -0.3 is 0 Å². The molecule has 116 valence electrons. The fraction of sp³-hybridized carbons (Fsp3) is 0.500. The second-order valence-electron chi connectivity index (χ2n) is 7.23. The molecular formula is C18H21NO3. The zero-order valence-corrected chi connectivity index (χ0v) is 13.5.